The Morgan fingerprint density at radius 2 is 2.12 bits per heavy atom. The molecule has 4 heteroatoms. The first-order chi connectivity index (χ1) is 3.66. The van der Waals surface area contributed by atoms with Gasteiger partial charge in [-0.05, 0) is 35.7 Å². The van der Waals surface area contributed by atoms with E-state index in [9.17, 15) is 0 Å². The van der Waals surface area contributed by atoms with E-state index in [4.69, 9.17) is 4.18 Å². The van der Waals surface area contributed by atoms with Crippen LogP contribution in [-0.2, 0) is 34.9 Å². The molecule has 0 aliphatic carbocycles. The van der Waals surface area contributed by atoms with Gasteiger partial charge in [-0.3, -0.25) is 0 Å². The molecule has 0 aromatic carbocycles. The molecule has 0 amide bonds. The van der Waals surface area contributed by atoms with E-state index >= 15 is 0 Å². The van der Waals surface area contributed by atoms with Gasteiger partial charge in [0.25, 0.3) is 0 Å². The predicted octanol–water partition coefficient (Wildman–Crippen LogP) is 0.991. The second kappa shape index (κ2) is 4.61. The number of hydrogen-bond acceptors (Lipinski definition) is 3. The molecule has 0 aliphatic heterocycles. The Kier molecular flexibility index (Phi) is 5.04. The first-order valence-electron chi connectivity index (χ1n) is 2.48. The topological polar surface area (TPSA) is 9.23 Å². The number of hydrogen-bond donors (Lipinski definition) is 1. The lowest BCUT2D eigenvalue weighted by Gasteiger charge is -2.03. The number of thiol groups is 1. The molecular formula is C4H10OS3. The molecule has 0 heterocycles. The fourth-order valence-corrected chi connectivity index (χ4v) is 1.55. The first-order valence-corrected chi connectivity index (χ1v) is 5.76. The second-order valence-electron chi connectivity index (χ2n) is 1.55. The molecule has 0 N–H and O–H groups in total. The van der Waals surface area contributed by atoms with Crippen molar-refractivity contribution in [1.82, 2.24) is 0 Å². The van der Waals surface area contributed by atoms with Gasteiger partial charge in [-0.15, -0.1) is 0 Å². The molecule has 0 radical (unpaired) electrons. The summed E-state index contributed by atoms with van der Waals surface area (Å²) >= 11 is 9.36. The van der Waals surface area contributed by atoms with Gasteiger partial charge in [0.2, 0.25) is 0 Å². The summed E-state index contributed by atoms with van der Waals surface area (Å²) in [6, 6.07) is 0. The summed E-state index contributed by atoms with van der Waals surface area (Å²) in [5, 5.41) is 0. The van der Waals surface area contributed by atoms with Crippen molar-refractivity contribution in [2.75, 3.05) is 0 Å². The molecule has 1 nitrogen and oxygen atoms in total. The smallest absolute Gasteiger partial charge is 0.0694 e. The summed E-state index contributed by atoms with van der Waals surface area (Å²) in [6.07, 6.45) is 1.24. The van der Waals surface area contributed by atoms with Crippen LogP contribution in [0.2, 0.25) is 0 Å². The normalized spacial score (nSPS) is 14.4. The van der Waals surface area contributed by atoms with Gasteiger partial charge in [0.05, 0.1) is 6.10 Å². The van der Waals surface area contributed by atoms with Crippen LogP contribution in [0.25, 0.3) is 0 Å². The van der Waals surface area contributed by atoms with Crippen molar-refractivity contribution in [3.05, 3.63) is 0 Å². The Bertz CT molecular complexity index is 110. The Balaban J connectivity index is 3.39. The summed E-state index contributed by atoms with van der Waals surface area (Å²) in [5.74, 6) is 0. The van der Waals surface area contributed by atoms with Gasteiger partial charge in [0.15, 0.2) is 0 Å². The quantitative estimate of drug-likeness (QED) is 0.633. The average Bonchev–Trinajstić information content (AvgIpc) is 1.65. The highest BCUT2D eigenvalue weighted by atomic mass is 33.1. The minimum atomic E-state index is -0.979. The van der Waals surface area contributed by atoms with Crippen molar-refractivity contribution in [3.8, 4) is 0 Å². The van der Waals surface area contributed by atoms with Crippen LogP contribution in [0.15, 0.2) is 0 Å². The van der Waals surface area contributed by atoms with Crippen molar-refractivity contribution < 1.29 is 4.18 Å². The minimum absolute atomic E-state index is 0.246. The van der Waals surface area contributed by atoms with Gasteiger partial charge < -0.3 is 4.18 Å². The molecule has 0 fully saturated rings. The molecule has 0 bridgehead atoms. The molecule has 50 valence electrons. The van der Waals surface area contributed by atoms with Crippen LogP contribution in [-0.4, -0.2) is 6.10 Å². The zero-order valence-corrected chi connectivity index (χ0v) is 7.48. The van der Waals surface area contributed by atoms with Crippen LogP contribution < -0.4 is 0 Å². The Labute approximate surface area is 61.5 Å². The van der Waals surface area contributed by atoms with Crippen LogP contribution in [0.4, 0.5) is 0 Å². The Morgan fingerprint density at radius 1 is 1.62 bits per heavy atom. The number of rotatable bonds is 3. The maximum Gasteiger partial charge on any atom is 0.0694 e. The second-order valence-corrected chi connectivity index (χ2v) is 4.89. The highest BCUT2D eigenvalue weighted by Crippen LogP contribution is 1.94. The summed E-state index contributed by atoms with van der Waals surface area (Å²) in [7, 11) is -0.979. The molecule has 8 heavy (non-hydrogen) atoms. The summed E-state index contributed by atoms with van der Waals surface area (Å²) in [5.41, 5.74) is 0. The molecule has 0 unspecified atom stereocenters. The highest BCUT2D eigenvalue weighted by Gasteiger charge is 1.93. The SMILES string of the molecule is CC[C@@H](C)O[SH](=S)=S. The standard InChI is InChI=1S/C4H10OS3/c1-3-4(2)5-8(6)7/h4,8H,3H2,1-2H3/t4-/m1/s1. The maximum atomic E-state index is 5.09. The van der Waals surface area contributed by atoms with Crippen molar-refractivity contribution in [3.63, 3.8) is 0 Å². The van der Waals surface area contributed by atoms with Crippen molar-refractivity contribution in [2.45, 2.75) is 26.4 Å². The molecule has 1 atom stereocenters. The zero-order chi connectivity index (χ0) is 6.57. The Hall–Kier alpha value is 0.750. The summed E-state index contributed by atoms with van der Waals surface area (Å²) in [6.45, 7) is 4.03. The Morgan fingerprint density at radius 3 is 2.25 bits per heavy atom. The fourth-order valence-electron chi connectivity index (χ4n) is 0.221. The summed E-state index contributed by atoms with van der Waals surface area (Å²) in [4.78, 5) is 0. The molecule has 0 saturated carbocycles. The van der Waals surface area contributed by atoms with Crippen LogP contribution in [0.5, 0.6) is 0 Å². The molecule has 0 aromatic rings. The monoisotopic (exact) mass is 170 g/mol. The van der Waals surface area contributed by atoms with Gasteiger partial charge in [0, 0.05) is 8.29 Å². The van der Waals surface area contributed by atoms with Gasteiger partial charge in [0.1, 0.15) is 0 Å². The largest absolute Gasteiger partial charge is 0.310 e. The van der Waals surface area contributed by atoms with Crippen molar-refractivity contribution in [1.29, 1.82) is 0 Å². The molecule has 0 rings (SSSR count). The fraction of sp³-hybridized carbons (Fsp3) is 1.00. The lowest BCUT2D eigenvalue weighted by molar-refractivity contribution is 0.261. The van der Waals surface area contributed by atoms with Crippen LogP contribution >= 0.6 is 0 Å². The molecule has 0 saturated heterocycles. The maximum absolute atomic E-state index is 5.09. The summed E-state index contributed by atoms with van der Waals surface area (Å²) < 4.78 is 5.09. The van der Waals surface area contributed by atoms with Crippen LogP contribution in [0, 0.1) is 0 Å². The molecule has 0 spiro atoms. The molecule has 0 aliphatic rings. The van der Waals surface area contributed by atoms with Gasteiger partial charge >= 0.3 is 0 Å². The lowest BCUT2D eigenvalue weighted by Crippen LogP contribution is -2.02. The van der Waals surface area contributed by atoms with Crippen LogP contribution in [0.3, 0.4) is 0 Å². The van der Waals surface area contributed by atoms with E-state index in [1.54, 1.807) is 0 Å². The van der Waals surface area contributed by atoms with E-state index in [1.165, 1.54) is 0 Å². The zero-order valence-electron chi connectivity index (χ0n) is 4.96. The van der Waals surface area contributed by atoms with E-state index in [-0.39, 0.29) is 6.10 Å². The third-order valence-corrected chi connectivity index (χ3v) is 1.89. The minimum Gasteiger partial charge on any atom is -0.310 e. The third-order valence-electron chi connectivity index (χ3n) is 0.841. The average molecular weight is 170 g/mol. The first kappa shape index (κ1) is 8.75. The molecule has 0 aromatic heterocycles. The lowest BCUT2D eigenvalue weighted by atomic mass is 10.3. The van der Waals surface area contributed by atoms with E-state index in [0.717, 1.165) is 6.42 Å². The van der Waals surface area contributed by atoms with E-state index in [1.807, 2.05) is 13.8 Å². The van der Waals surface area contributed by atoms with Crippen molar-refractivity contribution >= 4 is 30.7 Å². The van der Waals surface area contributed by atoms with Gasteiger partial charge in [-0.1, -0.05) is 6.92 Å². The van der Waals surface area contributed by atoms with E-state index < -0.39 is 8.29 Å². The molecular weight excluding hydrogens is 160 g/mol. The van der Waals surface area contributed by atoms with Crippen molar-refractivity contribution in [2.24, 2.45) is 0 Å². The predicted molar refractivity (Wildman–Crippen MR) is 44.3 cm³/mol. The highest BCUT2D eigenvalue weighted by molar-refractivity contribution is 8.44. The van der Waals surface area contributed by atoms with Gasteiger partial charge in [-0.25, -0.2) is 0 Å². The van der Waals surface area contributed by atoms with E-state index in [0.29, 0.717) is 0 Å². The van der Waals surface area contributed by atoms with Crippen LogP contribution in [0.1, 0.15) is 20.3 Å². The third kappa shape index (κ3) is 4.90. The van der Waals surface area contributed by atoms with E-state index in [2.05, 4.69) is 22.4 Å². The van der Waals surface area contributed by atoms with Gasteiger partial charge in [-0.2, -0.15) is 0 Å².